The number of carbonyl (C=O) groups excluding carboxylic acids is 2. The zero-order chi connectivity index (χ0) is 23.5. The van der Waals surface area contributed by atoms with E-state index in [1.54, 1.807) is 36.5 Å². The van der Waals surface area contributed by atoms with Gasteiger partial charge >= 0.3 is 5.97 Å². The fraction of sp³-hybridized carbons (Fsp3) is 0.240. The van der Waals surface area contributed by atoms with Gasteiger partial charge in [-0.05, 0) is 48.7 Å². The lowest BCUT2D eigenvalue weighted by atomic mass is 9.93. The monoisotopic (exact) mass is 473 g/mol. The maximum atomic E-state index is 12.6. The molecule has 0 radical (unpaired) electrons. The number of hydrogen-bond donors (Lipinski definition) is 1. The van der Waals surface area contributed by atoms with Crippen LogP contribution in [0.2, 0.25) is 0 Å². The minimum atomic E-state index is -0.374. The summed E-state index contributed by atoms with van der Waals surface area (Å²) < 4.78 is 5.06. The fourth-order valence-corrected chi connectivity index (χ4v) is 4.93. The van der Waals surface area contributed by atoms with Crippen LogP contribution in [0, 0.1) is 0 Å². The van der Waals surface area contributed by atoms with Crippen LogP contribution in [0.25, 0.3) is 6.08 Å². The van der Waals surface area contributed by atoms with E-state index < -0.39 is 0 Å². The molecule has 9 heteroatoms. The predicted octanol–water partition coefficient (Wildman–Crippen LogP) is 4.27. The van der Waals surface area contributed by atoms with Crippen LogP contribution in [-0.4, -0.2) is 39.9 Å². The highest BCUT2D eigenvalue weighted by Gasteiger charge is 2.27. The number of hydrogen-bond acceptors (Lipinski definition) is 8. The van der Waals surface area contributed by atoms with Crippen LogP contribution in [0.4, 0.5) is 11.6 Å². The Hall–Kier alpha value is -3.72. The van der Waals surface area contributed by atoms with Crippen LogP contribution >= 0.6 is 11.8 Å². The van der Waals surface area contributed by atoms with E-state index in [4.69, 9.17) is 9.72 Å². The molecule has 1 N–H and O–H groups in total. The lowest BCUT2D eigenvalue weighted by Gasteiger charge is -2.32. The number of pyridine rings is 1. The van der Waals surface area contributed by atoms with Crippen LogP contribution in [0.1, 0.15) is 36.9 Å². The number of fused-ring (bicyclic) bond motifs is 1. The zero-order valence-corrected chi connectivity index (χ0v) is 19.4. The SMILES string of the molecule is CC(=O)Oc1ccc(/C=C2/Sc3nc(N4CCC(c5ccccn5)CC4)ncc3NC2=O)cc1. The number of nitrogens with one attached hydrogen (secondary N) is 1. The molecule has 172 valence electrons. The van der Waals surface area contributed by atoms with E-state index in [1.165, 1.54) is 18.7 Å². The Labute approximate surface area is 201 Å². The number of anilines is 2. The van der Waals surface area contributed by atoms with Crippen molar-refractivity contribution in [1.29, 1.82) is 0 Å². The largest absolute Gasteiger partial charge is 0.427 e. The van der Waals surface area contributed by atoms with Gasteiger partial charge in [-0.2, -0.15) is 0 Å². The molecule has 3 aromatic rings. The van der Waals surface area contributed by atoms with Crippen molar-refractivity contribution in [3.05, 3.63) is 71.0 Å². The Morgan fingerprint density at radius 2 is 1.94 bits per heavy atom. The summed E-state index contributed by atoms with van der Waals surface area (Å²) in [5.41, 5.74) is 2.58. The first-order valence-corrected chi connectivity index (χ1v) is 11.9. The number of nitrogens with zero attached hydrogens (tertiary/aromatic N) is 4. The van der Waals surface area contributed by atoms with E-state index in [1.807, 2.05) is 18.3 Å². The molecular formula is C25H23N5O3S. The molecule has 0 spiro atoms. The first-order valence-electron chi connectivity index (χ1n) is 11.1. The van der Waals surface area contributed by atoms with Crippen molar-refractivity contribution in [3.63, 3.8) is 0 Å². The molecular weight excluding hydrogens is 450 g/mol. The van der Waals surface area contributed by atoms with E-state index in [9.17, 15) is 9.59 Å². The Balaban J connectivity index is 1.29. The molecule has 2 aliphatic rings. The van der Waals surface area contributed by atoms with Gasteiger partial charge in [-0.15, -0.1) is 0 Å². The third-order valence-electron chi connectivity index (χ3n) is 5.74. The summed E-state index contributed by atoms with van der Waals surface area (Å²) in [4.78, 5) is 40.2. The van der Waals surface area contributed by atoms with E-state index >= 15 is 0 Å². The number of rotatable bonds is 4. The maximum absolute atomic E-state index is 12.6. The number of ether oxygens (including phenoxy) is 1. The topological polar surface area (TPSA) is 97.3 Å². The smallest absolute Gasteiger partial charge is 0.308 e. The normalized spacial score (nSPS) is 17.3. The van der Waals surface area contributed by atoms with Crippen LogP contribution < -0.4 is 15.0 Å². The summed E-state index contributed by atoms with van der Waals surface area (Å²) in [6.45, 7) is 3.07. The average Bonchev–Trinajstić information content (AvgIpc) is 2.86. The van der Waals surface area contributed by atoms with Crippen molar-refractivity contribution in [3.8, 4) is 5.75 Å². The van der Waals surface area contributed by atoms with Gasteiger partial charge in [-0.3, -0.25) is 14.6 Å². The van der Waals surface area contributed by atoms with Gasteiger partial charge in [0, 0.05) is 37.8 Å². The van der Waals surface area contributed by atoms with Gasteiger partial charge in [-0.1, -0.05) is 30.0 Å². The maximum Gasteiger partial charge on any atom is 0.308 e. The Kier molecular flexibility index (Phi) is 6.27. The first-order chi connectivity index (χ1) is 16.5. The van der Waals surface area contributed by atoms with Crippen LogP contribution in [0.15, 0.2) is 64.8 Å². The fourth-order valence-electron chi connectivity index (χ4n) is 4.04. The van der Waals surface area contributed by atoms with Crippen molar-refractivity contribution >= 4 is 41.4 Å². The van der Waals surface area contributed by atoms with Gasteiger partial charge in [0.25, 0.3) is 5.91 Å². The van der Waals surface area contributed by atoms with Crippen LogP contribution in [0.5, 0.6) is 5.75 Å². The third-order valence-corrected chi connectivity index (χ3v) is 6.77. The molecule has 4 heterocycles. The molecule has 2 aliphatic heterocycles. The summed E-state index contributed by atoms with van der Waals surface area (Å²) >= 11 is 1.33. The van der Waals surface area contributed by atoms with Gasteiger partial charge < -0.3 is 15.0 Å². The van der Waals surface area contributed by atoms with E-state index in [-0.39, 0.29) is 11.9 Å². The van der Waals surface area contributed by atoms with Crippen molar-refractivity contribution in [2.45, 2.75) is 30.7 Å². The molecule has 0 aliphatic carbocycles. The first kappa shape index (κ1) is 22.1. The lowest BCUT2D eigenvalue weighted by Crippen LogP contribution is -2.34. The summed E-state index contributed by atoms with van der Waals surface area (Å²) in [5, 5.41) is 3.60. The minimum Gasteiger partial charge on any atom is -0.427 e. The van der Waals surface area contributed by atoms with Crippen LogP contribution in [-0.2, 0) is 9.59 Å². The average molecular weight is 474 g/mol. The van der Waals surface area contributed by atoms with E-state index in [0.29, 0.717) is 28.2 Å². The molecule has 0 bridgehead atoms. The highest BCUT2D eigenvalue weighted by Crippen LogP contribution is 2.38. The predicted molar refractivity (Wildman–Crippen MR) is 131 cm³/mol. The number of carbonyl (C=O) groups is 2. The third kappa shape index (κ3) is 4.94. The van der Waals surface area contributed by atoms with Crippen molar-refractivity contribution in [2.75, 3.05) is 23.3 Å². The molecule has 8 nitrogen and oxygen atoms in total. The second kappa shape index (κ2) is 9.64. The molecule has 0 saturated carbocycles. The molecule has 1 saturated heterocycles. The minimum absolute atomic E-state index is 0.200. The lowest BCUT2D eigenvalue weighted by molar-refractivity contribution is -0.131. The molecule has 34 heavy (non-hydrogen) atoms. The Morgan fingerprint density at radius 3 is 2.65 bits per heavy atom. The summed E-state index contributed by atoms with van der Waals surface area (Å²) in [6, 6.07) is 13.1. The van der Waals surface area contributed by atoms with Gasteiger partial charge in [-0.25, -0.2) is 9.97 Å². The van der Waals surface area contributed by atoms with Gasteiger partial charge in [0.2, 0.25) is 5.95 Å². The molecule has 2 aromatic heterocycles. The second-order valence-corrected chi connectivity index (χ2v) is 9.16. The molecule has 1 aromatic carbocycles. The molecule has 0 atom stereocenters. The summed E-state index contributed by atoms with van der Waals surface area (Å²) in [7, 11) is 0. The van der Waals surface area contributed by atoms with Crippen LogP contribution in [0.3, 0.4) is 0 Å². The quantitative estimate of drug-likeness (QED) is 0.260. The standard InChI is InChI=1S/C25H23N5O3S/c1-16(31)33-19-7-5-17(6-8-19)14-22-23(32)28-21-15-27-25(29-24(21)34-22)30-12-9-18(10-13-30)20-4-2-3-11-26-20/h2-8,11,14-15,18H,9-10,12-13H2,1H3,(H,28,32)/b22-14+. The zero-order valence-electron chi connectivity index (χ0n) is 18.6. The summed E-state index contributed by atoms with van der Waals surface area (Å²) in [5.74, 6) is 1.01. The van der Waals surface area contributed by atoms with Crippen molar-refractivity contribution < 1.29 is 14.3 Å². The number of piperidine rings is 1. The number of amides is 1. The van der Waals surface area contributed by atoms with E-state index in [0.717, 1.165) is 42.2 Å². The number of aromatic nitrogens is 3. The van der Waals surface area contributed by atoms with Gasteiger partial charge in [0.05, 0.1) is 16.8 Å². The molecule has 5 rings (SSSR count). The molecule has 1 amide bonds. The summed E-state index contributed by atoms with van der Waals surface area (Å²) in [6.07, 6.45) is 7.31. The molecule has 1 fully saturated rings. The Morgan fingerprint density at radius 1 is 1.15 bits per heavy atom. The number of esters is 1. The highest BCUT2D eigenvalue weighted by atomic mass is 32.2. The number of thioether (sulfide) groups is 1. The van der Waals surface area contributed by atoms with Crippen molar-refractivity contribution in [2.24, 2.45) is 0 Å². The van der Waals surface area contributed by atoms with E-state index in [2.05, 4.69) is 26.3 Å². The Bertz CT molecular complexity index is 1240. The molecule has 0 unspecified atom stereocenters. The second-order valence-electron chi connectivity index (χ2n) is 8.13. The van der Waals surface area contributed by atoms with Gasteiger partial charge in [0.15, 0.2) is 0 Å². The highest BCUT2D eigenvalue weighted by molar-refractivity contribution is 8.04. The number of benzene rings is 1. The van der Waals surface area contributed by atoms with Gasteiger partial charge in [0.1, 0.15) is 10.8 Å². The van der Waals surface area contributed by atoms with Crippen molar-refractivity contribution in [1.82, 2.24) is 15.0 Å².